The number of Topliss-reactive ketones (excluding diaryl/α,β-unsaturated/α-hetero) is 1. The molecule has 5 nitrogen and oxygen atoms in total. The number of aromatic hydroxyl groups is 2. The van der Waals surface area contributed by atoms with Gasteiger partial charge in [-0.1, -0.05) is 46.3 Å². The van der Waals surface area contributed by atoms with E-state index in [0.717, 1.165) is 56.1 Å². The molecule has 6 heteroatoms. The van der Waals surface area contributed by atoms with Crippen molar-refractivity contribution in [2.75, 3.05) is 5.75 Å². The highest BCUT2D eigenvalue weighted by Crippen LogP contribution is 2.75. The third kappa shape index (κ3) is 3.94. The Hall–Kier alpha value is -1.95. The van der Waals surface area contributed by atoms with E-state index >= 15 is 0 Å². The van der Waals surface area contributed by atoms with Gasteiger partial charge in [0.2, 0.25) is 0 Å². The van der Waals surface area contributed by atoms with E-state index in [1.807, 2.05) is 6.92 Å². The number of phenolic OH excluding ortho intramolecular Hbond substituents is 2. The Kier molecular flexibility index (Phi) is 6.61. The van der Waals surface area contributed by atoms with E-state index in [-0.39, 0.29) is 50.2 Å². The molecule has 1 aromatic carbocycles. The van der Waals surface area contributed by atoms with Crippen molar-refractivity contribution >= 4 is 23.5 Å². The second-order valence-electron chi connectivity index (χ2n) is 14.5. The number of benzene rings is 1. The van der Waals surface area contributed by atoms with Crippen LogP contribution in [0.1, 0.15) is 115 Å². The van der Waals surface area contributed by atoms with Gasteiger partial charge < -0.3 is 15.3 Å². The number of hydrogen-bond donors (Lipinski definition) is 3. The molecular weight excluding hydrogens is 508 g/mol. The monoisotopic (exact) mass is 554 g/mol. The molecule has 5 rings (SSSR count). The smallest absolute Gasteiger partial charge is 0.304 e. The molecule has 214 valence electrons. The molecule has 3 N–H and O–H groups in total. The Morgan fingerprint density at radius 1 is 1.00 bits per heavy atom. The first kappa shape index (κ1) is 28.6. The Morgan fingerprint density at radius 3 is 2.31 bits per heavy atom. The fourth-order valence-electron chi connectivity index (χ4n) is 9.41. The van der Waals surface area contributed by atoms with Crippen molar-refractivity contribution in [3.8, 4) is 11.5 Å². The van der Waals surface area contributed by atoms with E-state index in [1.165, 1.54) is 5.57 Å². The van der Waals surface area contributed by atoms with Crippen LogP contribution in [0.15, 0.2) is 17.7 Å². The summed E-state index contributed by atoms with van der Waals surface area (Å²) < 4.78 is 0. The Labute approximate surface area is 237 Å². The molecule has 4 aliphatic rings. The van der Waals surface area contributed by atoms with Gasteiger partial charge >= 0.3 is 5.97 Å². The average Bonchev–Trinajstić information content (AvgIpc) is 2.86. The molecule has 1 unspecified atom stereocenters. The van der Waals surface area contributed by atoms with Crippen molar-refractivity contribution in [3.63, 3.8) is 0 Å². The fourth-order valence-corrected chi connectivity index (χ4v) is 10.7. The van der Waals surface area contributed by atoms with Crippen molar-refractivity contribution in [1.29, 1.82) is 0 Å². The van der Waals surface area contributed by atoms with Gasteiger partial charge in [0.05, 0.1) is 6.42 Å². The lowest BCUT2D eigenvalue weighted by Crippen LogP contribution is -2.62. The van der Waals surface area contributed by atoms with Crippen molar-refractivity contribution in [1.82, 2.24) is 0 Å². The summed E-state index contributed by atoms with van der Waals surface area (Å²) in [6, 6.07) is 1.78. The lowest BCUT2D eigenvalue weighted by molar-refractivity contribution is -0.165. The molecular formula is C33H46O5S. The molecule has 1 aromatic rings. The fraction of sp³-hybridized carbons (Fsp3) is 0.697. The number of allylic oxidation sites excluding steroid dienone is 1. The number of carbonyl (C=O) groups excluding carboxylic acids is 1. The first-order valence-corrected chi connectivity index (χ1v) is 15.7. The number of ketones is 1. The lowest BCUT2D eigenvalue weighted by atomic mass is 9.34. The molecule has 0 bridgehead atoms. The van der Waals surface area contributed by atoms with Gasteiger partial charge in [-0.15, -0.1) is 11.8 Å². The topological polar surface area (TPSA) is 94.8 Å². The molecule has 0 radical (unpaired) electrons. The predicted octanol–water partition coefficient (Wildman–Crippen LogP) is 7.85. The summed E-state index contributed by atoms with van der Waals surface area (Å²) in [5.74, 6) is 0.258. The van der Waals surface area contributed by atoms with Gasteiger partial charge in [-0.25, -0.2) is 0 Å². The number of fused-ring (bicyclic) bond motifs is 7. The summed E-state index contributed by atoms with van der Waals surface area (Å²) >= 11 is 1.62. The van der Waals surface area contributed by atoms with Crippen LogP contribution in [-0.2, 0) is 15.0 Å². The predicted molar refractivity (Wildman–Crippen MR) is 156 cm³/mol. The molecule has 7 atom stereocenters. The van der Waals surface area contributed by atoms with Crippen LogP contribution in [0.4, 0.5) is 0 Å². The van der Waals surface area contributed by atoms with E-state index in [9.17, 15) is 24.9 Å². The zero-order valence-corrected chi connectivity index (χ0v) is 25.6. The SMILES string of the molecule is CC(=O)[C@]1(C)CC[C@]2(C)CC[C@]3(C)C4=CC(SCCC(=O)O)c5c(cc(O)c(O)c5C)[C@]4(C)CC[C@@]3(C)[C@@H]2C1. The van der Waals surface area contributed by atoms with Gasteiger partial charge in [-0.05, 0) is 104 Å². The van der Waals surface area contributed by atoms with E-state index in [1.54, 1.807) is 24.8 Å². The summed E-state index contributed by atoms with van der Waals surface area (Å²) in [5.41, 5.74) is 3.80. The van der Waals surface area contributed by atoms with Crippen LogP contribution in [-0.4, -0.2) is 32.8 Å². The Morgan fingerprint density at radius 2 is 1.67 bits per heavy atom. The van der Waals surface area contributed by atoms with E-state index < -0.39 is 5.97 Å². The number of aliphatic carboxylic acids is 1. The molecule has 3 saturated carbocycles. The van der Waals surface area contributed by atoms with Crippen molar-refractivity contribution in [3.05, 3.63) is 34.4 Å². The second-order valence-corrected chi connectivity index (χ2v) is 15.7. The van der Waals surface area contributed by atoms with Gasteiger partial charge in [0, 0.05) is 21.8 Å². The van der Waals surface area contributed by atoms with Crippen molar-refractivity contribution < 1.29 is 24.9 Å². The normalized spacial score (nSPS) is 40.9. The zero-order valence-electron chi connectivity index (χ0n) is 24.7. The number of hydrogen-bond acceptors (Lipinski definition) is 5. The number of carbonyl (C=O) groups is 2. The summed E-state index contributed by atoms with van der Waals surface area (Å²) in [7, 11) is 0. The van der Waals surface area contributed by atoms with Gasteiger partial charge in [0.15, 0.2) is 11.5 Å². The quantitative estimate of drug-likeness (QED) is 0.253. The van der Waals surface area contributed by atoms with Crippen LogP contribution in [0.25, 0.3) is 0 Å². The average molecular weight is 555 g/mol. The third-order valence-electron chi connectivity index (χ3n) is 12.5. The van der Waals surface area contributed by atoms with Crippen LogP contribution < -0.4 is 0 Å². The number of carboxylic acid groups (broad SMARTS) is 1. The second kappa shape index (κ2) is 9.03. The maximum absolute atomic E-state index is 12.8. The maximum Gasteiger partial charge on any atom is 0.304 e. The maximum atomic E-state index is 12.8. The van der Waals surface area contributed by atoms with Gasteiger partial charge in [0.25, 0.3) is 0 Å². The van der Waals surface area contributed by atoms with Crippen LogP contribution >= 0.6 is 11.8 Å². The minimum absolute atomic E-state index is 0.0181. The number of carboxylic acids is 1. The molecule has 3 fully saturated rings. The highest BCUT2D eigenvalue weighted by atomic mass is 32.2. The van der Waals surface area contributed by atoms with Crippen molar-refractivity contribution in [2.45, 2.75) is 110 Å². The van der Waals surface area contributed by atoms with Crippen LogP contribution in [0.2, 0.25) is 0 Å². The van der Waals surface area contributed by atoms with Crippen LogP contribution in [0, 0.1) is 34.5 Å². The molecule has 0 amide bonds. The highest BCUT2D eigenvalue weighted by molar-refractivity contribution is 7.99. The molecule has 0 heterocycles. The minimum Gasteiger partial charge on any atom is -0.504 e. The molecule has 0 spiro atoms. The van der Waals surface area contributed by atoms with Gasteiger partial charge in [-0.2, -0.15) is 0 Å². The molecule has 0 saturated heterocycles. The summed E-state index contributed by atoms with van der Waals surface area (Å²) in [6.45, 7) is 15.5. The van der Waals surface area contributed by atoms with Crippen LogP contribution in [0.5, 0.6) is 11.5 Å². The summed E-state index contributed by atoms with van der Waals surface area (Å²) in [6.07, 6.45) is 9.70. The summed E-state index contributed by atoms with van der Waals surface area (Å²) in [4.78, 5) is 24.2. The zero-order chi connectivity index (χ0) is 28.8. The number of phenols is 2. The summed E-state index contributed by atoms with van der Waals surface area (Å²) in [5, 5.41) is 30.7. The Bertz CT molecular complexity index is 1270. The van der Waals surface area contributed by atoms with Gasteiger partial charge in [-0.3, -0.25) is 9.59 Å². The lowest BCUT2D eigenvalue weighted by Gasteiger charge is -2.70. The highest BCUT2D eigenvalue weighted by Gasteiger charge is 2.67. The first-order chi connectivity index (χ1) is 18.0. The minimum atomic E-state index is -0.809. The third-order valence-corrected chi connectivity index (χ3v) is 13.7. The number of rotatable bonds is 5. The number of thioether (sulfide) groups is 1. The largest absolute Gasteiger partial charge is 0.504 e. The first-order valence-electron chi connectivity index (χ1n) is 14.7. The standard InChI is InChI=1S/C33H46O5S/c1-19-27-21(16-22(35)28(19)38)31(5)12-14-33(7)25-18-30(4,20(2)34)10-9-29(25,3)11-13-32(33,6)24(31)17-23(27)39-15-8-26(36)37/h16-17,23,25,35,38H,8-15,18H2,1-7H3,(H,36,37)/t23?,25-,29-,30-,31+,32-,33+/m1/s1. The van der Waals surface area contributed by atoms with E-state index in [2.05, 4.69) is 40.7 Å². The van der Waals surface area contributed by atoms with Crippen LogP contribution in [0.3, 0.4) is 0 Å². The van der Waals surface area contributed by atoms with E-state index in [4.69, 9.17) is 0 Å². The Balaban J connectivity index is 1.66. The molecule has 0 aliphatic heterocycles. The van der Waals surface area contributed by atoms with Gasteiger partial charge in [0.1, 0.15) is 5.78 Å². The molecule has 39 heavy (non-hydrogen) atoms. The van der Waals surface area contributed by atoms with Crippen molar-refractivity contribution in [2.24, 2.45) is 27.6 Å². The van der Waals surface area contributed by atoms with E-state index in [0.29, 0.717) is 23.0 Å². The molecule has 0 aromatic heterocycles. The molecule has 4 aliphatic carbocycles.